The van der Waals surface area contributed by atoms with Crippen molar-refractivity contribution in [1.82, 2.24) is 4.90 Å². The van der Waals surface area contributed by atoms with Crippen LogP contribution < -0.4 is 0 Å². The first kappa shape index (κ1) is 11.5. The Morgan fingerprint density at radius 1 is 1.29 bits per heavy atom. The maximum Gasteiger partial charge on any atom is 0.317 e. The molecule has 0 saturated carbocycles. The second kappa shape index (κ2) is 3.51. The van der Waals surface area contributed by atoms with Crippen LogP contribution in [-0.2, 0) is 9.53 Å². The minimum absolute atomic E-state index is 0.0935. The molecule has 1 saturated heterocycles. The molecule has 0 atom stereocenters. The van der Waals surface area contributed by atoms with Gasteiger partial charge in [-0.3, -0.25) is 9.69 Å². The van der Waals surface area contributed by atoms with Crippen LogP contribution >= 0.6 is 0 Å². The van der Waals surface area contributed by atoms with Crippen molar-refractivity contribution in [1.29, 1.82) is 0 Å². The van der Waals surface area contributed by atoms with Gasteiger partial charge in [0.05, 0.1) is 17.7 Å². The van der Waals surface area contributed by atoms with E-state index in [1.54, 1.807) is 0 Å². The van der Waals surface area contributed by atoms with Crippen molar-refractivity contribution in [3.05, 3.63) is 0 Å². The Morgan fingerprint density at radius 2 is 1.71 bits per heavy atom. The summed E-state index contributed by atoms with van der Waals surface area (Å²) in [5.41, 5.74) is -0.533. The first-order valence-corrected chi connectivity index (χ1v) is 4.85. The Kier molecular flexibility index (Phi) is 2.88. The third-order valence-electron chi connectivity index (χ3n) is 2.12. The van der Waals surface area contributed by atoms with Crippen molar-refractivity contribution in [3.8, 4) is 0 Å². The highest BCUT2D eigenvalue weighted by molar-refractivity contribution is 5.69. The lowest BCUT2D eigenvalue weighted by molar-refractivity contribution is -0.183. The zero-order valence-corrected chi connectivity index (χ0v) is 9.33. The highest BCUT2D eigenvalue weighted by Crippen LogP contribution is 2.27. The van der Waals surface area contributed by atoms with E-state index in [1.165, 1.54) is 0 Å². The van der Waals surface area contributed by atoms with Crippen LogP contribution in [0, 0.1) is 0 Å². The normalized spacial score (nSPS) is 26.0. The van der Waals surface area contributed by atoms with Crippen molar-refractivity contribution < 1.29 is 14.6 Å². The zero-order valence-electron chi connectivity index (χ0n) is 9.33. The fourth-order valence-electron chi connectivity index (χ4n) is 2.25. The first-order valence-electron chi connectivity index (χ1n) is 4.85. The van der Waals surface area contributed by atoms with Crippen LogP contribution in [0.25, 0.3) is 0 Å². The summed E-state index contributed by atoms with van der Waals surface area (Å²) in [6, 6.07) is 0. The molecule has 4 nitrogen and oxygen atoms in total. The Morgan fingerprint density at radius 3 is 2.07 bits per heavy atom. The number of hydrogen-bond donors (Lipinski definition) is 1. The third-order valence-corrected chi connectivity index (χ3v) is 2.12. The van der Waals surface area contributed by atoms with Crippen molar-refractivity contribution in [2.75, 3.05) is 19.6 Å². The van der Waals surface area contributed by atoms with E-state index in [2.05, 4.69) is 0 Å². The molecule has 0 amide bonds. The highest BCUT2D eigenvalue weighted by Gasteiger charge is 2.38. The minimum Gasteiger partial charge on any atom is -0.480 e. The number of hydrogen-bond acceptors (Lipinski definition) is 3. The molecule has 1 aliphatic heterocycles. The van der Waals surface area contributed by atoms with Crippen LogP contribution in [0.5, 0.6) is 0 Å². The van der Waals surface area contributed by atoms with Crippen molar-refractivity contribution in [3.63, 3.8) is 0 Å². The second-order valence-corrected chi connectivity index (χ2v) is 5.16. The van der Waals surface area contributed by atoms with Gasteiger partial charge >= 0.3 is 5.97 Å². The molecule has 1 aliphatic rings. The standard InChI is InChI=1S/C10H19NO3/c1-9(2)6-11(5-8(12)13)7-10(3,4)14-9/h5-7H2,1-4H3,(H,12,13). The van der Waals surface area contributed by atoms with Crippen molar-refractivity contribution >= 4 is 5.97 Å². The summed E-state index contributed by atoms with van der Waals surface area (Å²) in [5.74, 6) is -0.779. The van der Waals surface area contributed by atoms with Gasteiger partial charge in [0, 0.05) is 13.1 Å². The Labute approximate surface area is 84.8 Å². The fourth-order valence-corrected chi connectivity index (χ4v) is 2.25. The Balaban J connectivity index is 2.66. The molecule has 0 unspecified atom stereocenters. The lowest BCUT2D eigenvalue weighted by Crippen LogP contribution is -2.57. The molecule has 0 aliphatic carbocycles. The van der Waals surface area contributed by atoms with E-state index in [0.29, 0.717) is 13.1 Å². The van der Waals surface area contributed by atoms with E-state index in [-0.39, 0.29) is 17.7 Å². The van der Waals surface area contributed by atoms with Crippen LogP contribution in [0.2, 0.25) is 0 Å². The van der Waals surface area contributed by atoms with Crippen LogP contribution in [0.15, 0.2) is 0 Å². The van der Waals surface area contributed by atoms with Crippen LogP contribution in [-0.4, -0.2) is 46.8 Å². The van der Waals surface area contributed by atoms with Crippen molar-refractivity contribution in [2.45, 2.75) is 38.9 Å². The lowest BCUT2D eigenvalue weighted by Gasteiger charge is -2.46. The number of carboxylic acids is 1. The molecule has 1 fully saturated rings. The molecule has 1 N–H and O–H groups in total. The molecule has 0 radical (unpaired) electrons. The first-order chi connectivity index (χ1) is 6.20. The van der Waals surface area contributed by atoms with E-state index in [1.807, 2.05) is 32.6 Å². The smallest absolute Gasteiger partial charge is 0.317 e. The van der Waals surface area contributed by atoms with Gasteiger partial charge in [0.1, 0.15) is 0 Å². The number of ether oxygens (including phenoxy) is 1. The van der Waals surface area contributed by atoms with Gasteiger partial charge in [-0.15, -0.1) is 0 Å². The van der Waals surface area contributed by atoms with E-state index < -0.39 is 5.97 Å². The van der Waals surface area contributed by atoms with E-state index >= 15 is 0 Å². The SMILES string of the molecule is CC1(C)CN(CC(=O)O)CC(C)(C)O1. The van der Waals surface area contributed by atoms with Gasteiger partial charge in [-0.2, -0.15) is 0 Å². The summed E-state index contributed by atoms with van der Waals surface area (Å²) < 4.78 is 5.84. The largest absolute Gasteiger partial charge is 0.480 e. The summed E-state index contributed by atoms with van der Waals surface area (Å²) in [6.45, 7) is 9.39. The zero-order chi connectivity index (χ0) is 11.0. The summed E-state index contributed by atoms with van der Waals surface area (Å²) in [6.07, 6.45) is 0. The summed E-state index contributed by atoms with van der Waals surface area (Å²) in [5, 5.41) is 8.72. The van der Waals surface area contributed by atoms with Crippen LogP contribution in [0.1, 0.15) is 27.7 Å². The lowest BCUT2D eigenvalue weighted by atomic mass is 9.99. The fraction of sp³-hybridized carbons (Fsp3) is 0.900. The van der Waals surface area contributed by atoms with E-state index in [9.17, 15) is 4.79 Å². The molecule has 4 heteroatoms. The molecule has 0 spiro atoms. The number of rotatable bonds is 2. The molecular formula is C10H19NO3. The number of nitrogens with zero attached hydrogens (tertiary/aromatic N) is 1. The minimum atomic E-state index is -0.779. The molecule has 0 aromatic carbocycles. The second-order valence-electron chi connectivity index (χ2n) is 5.16. The molecular weight excluding hydrogens is 182 g/mol. The number of carboxylic acid groups (broad SMARTS) is 1. The summed E-state index contributed by atoms with van der Waals surface area (Å²) >= 11 is 0. The molecule has 1 heterocycles. The molecule has 82 valence electrons. The maximum atomic E-state index is 10.6. The Bertz CT molecular complexity index is 220. The number of carbonyl (C=O) groups is 1. The molecule has 14 heavy (non-hydrogen) atoms. The summed E-state index contributed by atoms with van der Waals surface area (Å²) in [4.78, 5) is 12.5. The molecule has 0 bridgehead atoms. The molecule has 1 rings (SSSR count). The Hall–Kier alpha value is -0.610. The topological polar surface area (TPSA) is 49.8 Å². The average molecular weight is 201 g/mol. The van der Waals surface area contributed by atoms with Gasteiger partial charge in [0.15, 0.2) is 0 Å². The number of morpholine rings is 1. The summed E-state index contributed by atoms with van der Waals surface area (Å²) in [7, 11) is 0. The monoisotopic (exact) mass is 201 g/mol. The predicted octanol–water partition coefficient (Wildman–Crippen LogP) is 0.960. The van der Waals surface area contributed by atoms with E-state index in [0.717, 1.165) is 0 Å². The van der Waals surface area contributed by atoms with Gasteiger partial charge < -0.3 is 9.84 Å². The third kappa shape index (κ3) is 3.27. The maximum absolute atomic E-state index is 10.6. The van der Waals surface area contributed by atoms with Crippen molar-refractivity contribution in [2.24, 2.45) is 0 Å². The van der Waals surface area contributed by atoms with Gasteiger partial charge in [-0.1, -0.05) is 0 Å². The number of aliphatic carboxylic acids is 1. The van der Waals surface area contributed by atoms with Gasteiger partial charge in [-0.25, -0.2) is 0 Å². The van der Waals surface area contributed by atoms with E-state index in [4.69, 9.17) is 9.84 Å². The predicted molar refractivity (Wildman–Crippen MR) is 53.3 cm³/mol. The molecule has 0 aromatic rings. The van der Waals surface area contributed by atoms with Gasteiger partial charge in [0.25, 0.3) is 0 Å². The van der Waals surface area contributed by atoms with Crippen LogP contribution in [0.4, 0.5) is 0 Å². The van der Waals surface area contributed by atoms with Gasteiger partial charge in [-0.05, 0) is 27.7 Å². The highest BCUT2D eigenvalue weighted by atomic mass is 16.5. The average Bonchev–Trinajstić information content (AvgIpc) is 1.74. The quantitative estimate of drug-likeness (QED) is 0.723. The van der Waals surface area contributed by atoms with Crippen LogP contribution in [0.3, 0.4) is 0 Å². The van der Waals surface area contributed by atoms with Gasteiger partial charge in [0.2, 0.25) is 0 Å². The molecule has 0 aromatic heterocycles.